The zero-order valence-electron chi connectivity index (χ0n) is 50.5. The van der Waals surface area contributed by atoms with Gasteiger partial charge in [0.05, 0.1) is 23.2 Å². The first kappa shape index (κ1) is 68.7. The Morgan fingerprint density at radius 2 is 1.01 bits per heavy atom. The predicted octanol–water partition coefficient (Wildman–Crippen LogP) is 12.3. The number of aromatic nitrogens is 4. The third kappa shape index (κ3) is 20.6. The van der Waals surface area contributed by atoms with Crippen molar-refractivity contribution in [2.24, 2.45) is 17.0 Å². The van der Waals surface area contributed by atoms with Crippen LogP contribution in [0.4, 0.5) is 21.2 Å². The number of benzene rings is 2. The molecule has 4 atom stereocenters. The number of hydrogen-bond acceptors (Lipinski definition) is 16. The fourth-order valence-corrected chi connectivity index (χ4v) is 12.1. The summed E-state index contributed by atoms with van der Waals surface area (Å²) in [5.74, 6) is -0.601. The Balaban J connectivity index is 0.000000244. The van der Waals surface area contributed by atoms with E-state index < -0.39 is 43.1 Å². The molecule has 6 heterocycles. The molecular formula is C62H78Cl2N10O11S2. The number of carboxylic acid groups (broad SMARTS) is 1. The molecule has 468 valence electrons. The normalized spacial score (nSPS) is 17.0. The highest BCUT2D eigenvalue weighted by atomic mass is 35.5. The van der Waals surface area contributed by atoms with E-state index in [4.69, 9.17) is 42.9 Å². The number of pyridine rings is 4. The van der Waals surface area contributed by atoms with Gasteiger partial charge < -0.3 is 35.0 Å². The third-order valence-corrected chi connectivity index (χ3v) is 16.8. The van der Waals surface area contributed by atoms with Crippen LogP contribution in [0.1, 0.15) is 152 Å². The average Bonchev–Trinajstić information content (AvgIpc) is 4.08. The fourth-order valence-electron chi connectivity index (χ4n) is 10.2. The molecule has 21 nitrogen and oxygen atoms in total. The minimum Gasteiger partial charge on any atom is -0.478 e. The molecule has 3 amide bonds. The molecule has 0 saturated carbocycles. The molecule has 2 aliphatic rings. The highest BCUT2D eigenvalue weighted by Crippen LogP contribution is 2.40. The highest BCUT2D eigenvalue weighted by molar-refractivity contribution is 7.90. The van der Waals surface area contributed by atoms with Crippen molar-refractivity contribution in [2.75, 3.05) is 23.7 Å². The molecular weight excluding hydrogens is 1200 g/mol. The molecule has 25 heteroatoms. The number of halogens is 2. The van der Waals surface area contributed by atoms with Crippen LogP contribution in [-0.2, 0) is 29.5 Å². The van der Waals surface area contributed by atoms with Gasteiger partial charge in [0.1, 0.15) is 33.1 Å². The zero-order chi connectivity index (χ0) is 64.1. The number of carbonyl (C=O) groups excluding carboxylic acids is 3. The number of likely N-dealkylation sites (tertiary alicyclic amines) is 2. The Morgan fingerprint density at radius 1 is 0.609 bits per heavy atom. The van der Waals surface area contributed by atoms with E-state index in [1.54, 1.807) is 24.3 Å². The molecule has 87 heavy (non-hydrogen) atoms. The second-order valence-electron chi connectivity index (χ2n) is 24.5. The number of rotatable bonds is 17. The minimum absolute atomic E-state index is 0.0231. The summed E-state index contributed by atoms with van der Waals surface area (Å²) < 4.78 is 62.8. The number of nitrogens with one attached hydrogen (secondary N) is 3. The van der Waals surface area contributed by atoms with Crippen molar-refractivity contribution >= 4 is 78.9 Å². The van der Waals surface area contributed by atoms with E-state index in [0.717, 1.165) is 43.2 Å². The van der Waals surface area contributed by atoms with E-state index in [-0.39, 0.29) is 72.8 Å². The van der Waals surface area contributed by atoms with Crippen LogP contribution in [0, 0.1) is 11.8 Å². The molecule has 2 unspecified atom stereocenters. The van der Waals surface area contributed by atoms with Crippen LogP contribution < -0.4 is 20.5 Å². The number of primary sulfonamides is 1. The maximum absolute atomic E-state index is 13.0. The number of ether oxygens (including phenoxy) is 2. The van der Waals surface area contributed by atoms with Crippen LogP contribution in [0.15, 0.2) is 144 Å². The maximum atomic E-state index is 13.0. The summed E-state index contributed by atoms with van der Waals surface area (Å²) >= 11 is 11.4. The Labute approximate surface area is 520 Å². The Bertz CT molecular complexity index is 3570. The van der Waals surface area contributed by atoms with Crippen molar-refractivity contribution in [2.45, 2.75) is 152 Å². The maximum Gasteiger partial charge on any atom is 0.410 e. The van der Waals surface area contributed by atoms with Crippen molar-refractivity contribution in [3.8, 4) is 0 Å². The van der Waals surface area contributed by atoms with Gasteiger partial charge >= 0.3 is 18.2 Å². The summed E-state index contributed by atoms with van der Waals surface area (Å²) in [6, 6.07) is 34.6. The largest absolute Gasteiger partial charge is 0.478 e. The van der Waals surface area contributed by atoms with Crippen LogP contribution in [0.3, 0.4) is 0 Å². The summed E-state index contributed by atoms with van der Waals surface area (Å²) in [7, 11) is -8.19. The summed E-state index contributed by atoms with van der Waals surface area (Å²) in [4.78, 5) is 68.1. The lowest BCUT2D eigenvalue weighted by Crippen LogP contribution is -2.45. The van der Waals surface area contributed by atoms with E-state index >= 15 is 0 Å². The molecule has 2 aromatic carbocycles. The van der Waals surface area contributed by atoms with Gasteiger partial charge in [-0.1, -0.05) is 96.0 Å². The van der Waals surface area contributed by atoms with Crippen molar-refractivity contribution in [1.29, 1.82) is 0 Å². The molecule has 0 aliphatic carbocycles. The zero-order valence-corrected chi connectivity index (χ0v) is 53.7. The number of anilines is 2. The third-order valence-electron chi connectivity index (χ3n) is 14.2. The number of nitrogens with zero attached hydrogens (tertiary/aromatic N) is 6. The molecule has 4 aromatic heterocycles. The topological polar surface area (TPSA) is 295 Å². The summed E-state index contributed by atoms with van der Waals surface area (Å²) in [5.41, 5.74) is 0.329. The van der Waals surface area contributed by atoms with Crippen LogP contribution in [0.25, 0.3) is 0 Å². The van der Waals surface area contributed by atoms with Crippen LogP contribution in [0.5, 0.6) is 0 Å². The van der Waals surface area contributed by atoms with Gasteiger partial charge in [0.15, 0.2) is 10.1 Å². The second kappa shape index (κ2) is 29.0. The first-order valence-corrected chi connectivity index (χ1v) is 32.0. The molecule has 2 fully saturated rings. The first-order chi connectivity index (χ1) is 40.6. The fraction of sp³-hybridized carbons (Fsp3) is 0.419. The van der Waals surface area contributed by atoms with Gasteiger partial charge in [0.2, 0.25) is 0 Å². The standard InChI is InChI=1S/C31H38ClN5O5S.C25H36N4O4S.C6H4ClNO2/c1-30(2,3)42-29(39)37-20-21(19-31(37,4)5)16-17-24(22-11-7-6-8-12-22)34-25-14-9-15-26(35-25)43(40,41)36-28(38)23-13-10-18-33-27(23)32;1-24(2,3)33-23(30)29-17-18(16-25(29,4)5)14-15-20(19-10-7-6-8-11-19)27-21-12-9-13-22(28-21)34(26,31)32;7-5-4(6(9)10)2-1-3-8-5/h6-15,18,21,24H,16-17,19-20H2,1-5H3,(H,34,35)(H,36,38);6-13,18,20H,14-17H2,1-5H3,(H,27,28)(H2,26,31,32);1-3H,(H,9,10)/t21-,24?;18-,20?;/m00./s1. The van der Waals surface area contributed by atoms with Crippen molar-refractivity contribution < 1.29 is 50.6 Å². The number of sulfonamides is 2. The lowest BCUT2D eigenvalue weighted by molar-refractivity contribution is 0.0118. The number of amides is 3. The lowest BCUT2D eigenvalue weighted by atomic mass is 9.90. The minimum atomic E-state index is -4.30. The number of aromatic carboxylic acids is 1. The van der Waals surface area contributed by atoms with E-state index in [1.165, 1.54) is 48.8 Å². The lowest BCUT2D eigenvalue weighted by Gasteiger charge is -2.33. The average molecular weight is 1270 g/mol. The monoisotopic (exact) mass is 1270 g/mol. The summed E-state index contributed by atoms with van der Waals surface area (Å²) in [5, 5.41) is 19.9. The number of hydrogen-bond donors (Lipinski definition) is 5. The van der Waals surface area contributed by atoms with Gasteiger partial charge in [0, 0.05) is 36.6 Å². The molecule has 6 aromatic rings. The molecule has 6 N–H and O–H groups in total. The summed E-state index contributed by atoms with van der Waals surface area (Å²) in [6.07, 6.45) is 7.16. The van der Waals surface area contributed by atoms with E-state index in [2.05, 4.69) is 58.3 Å². The van der Waals surface area contributed by atoms with Crippen molar-refractivity contribution in [3.63, 3.8) is 0 Å². The van der Waals surface area contributed by atoms with Gasteiger partial charge in [0.25, 0.3) is 26.0 Å². The van der Waals surface area contributed by atoms with Gasteiger partial charge in [-0.3, -0.25) is 4.79 Å². The first-order valence-electron chi connectivity index (χ1n) is 28.2. The SMILES string of the molecule is CC(C)(C)OC(=O)N1C[C@@H](CCC(Nc2cccc(S(=O)(=O)NC(=O)c3cccnc3Cl)n2)c2ccccc2)CC1(C)C.CC(C)(C)OC(=O)N1C[C@@H](CCC(Nc2cccc(S(N)(=O)=O)n2)c2ccccc2)CC1(C)C.O=C(O)c1cccnc1Cl. The smallest absolute Gasteiger partial charge is 0.410 e. The van der Waals surface area contributed by atoms with Crippen LogP contribution in [0.2, 0.25) is 10.3 Å². The number of carbonyl (C=O) groups is 4. The van der Waals surface area contributed by atoms with Gasteiger partial charge in [-0.05, 0) is 179 Å². The Kier molecular flexibility index (Phi) is 22.9. The molecule has 2 aliphatic heterocycles. The quantitative estimate of drug-likeness (QED) is 0.0530. The Morgan fingerprint density at radius 3 is 1.39 bits per heavy atom. The predicted molar refractivity (Wildman–Crippen MR) is 334 cm³/mol. The van der Waals surface area contributed by atoms with E-state index in [1.807, 2.05) is 117 Å². The molecule has 2 saturated heterocycles. The van der Waals surface area contributed by atoms with E-state index in [0.29, 0.717) is 37.1 Å². The van der Waals surface area contributed by atoms with Gasteiger partial charge in [-0.2, -0.15) is 8.42 Å². The molecule has 0 radical (unpaired) electrons. The van der Waals surface area contributed by atoms with Crippen molar-refractivity contribution in [3.05, 3.63) is 166 Å². The van der Waals surface area contributed by atoms with E-state index in [9.17, 15) is 36.0 Å². The molecule has 8 rings (SSSR count). The van der Waals surface area contributed by atoms with Crippen molar-refractivity contribution in [1.82, 2.24) is 34.5 Å². The van der Waals surface area contributed by atoms with Crippen LogP contribution >= 0.6 is 23.2 Å². The van der Waals surface area contributed by atoms with Gasteiger partial charge in [-0.15, -0.1) is 0 Å². The Hall–Kier alpha value is -7.44. The van der Waals surface area contributed by atoms with Gasteiger partial charge in [-0.25, -0.2) is 52.6 Å². The number of nitrogens with two attached hydrogens (primary N) is 1. The number of carboxylic acids is 1. The summed E-state index contributed by atoms with van der Waals surface area (Å²) in [6.45, 7) is 20.7. The second-order valence-corrected chi connectivity index (χ2v) is 28.4. The molecule has 0 bridgehead atoms. The highest BCUT2D eigenvalue weighted by Gasteiger charge is 2.44. The molecule has 0 spiro atoms. The van der Waals surface area contributed by atoms with Crippen LogP contribution in [-0.4, -0.2) is 111 Å².